The van der Waals surface area contributed by atoms with Crippen LogP contribution < -0.4 is 20.5 Å². The highest BCUT2D eigenvalue weighted by molar-refractivity contribution is 5.72. The van der Waals surface area contributed by atoms with E-state index in [0.717, 1.165) is 29.9 Å². The number of ether oxygens (including phenoxy) is 2. The average Bonchev–Trinajstić information content (AvgIpc) is 2.75. The summed E-state index contributed by atoms with van der Waals surface area (Å²) in [5.74, 6) is 1.24. The van der Waals surface area contributed by atoms with E-state index in [1.165, 1.54) is 12.1 Å². The SMILES string of the molecule is NC(=O)N1CCC(NC(Cc2ccc(F)cc2)C2COc3ccccc3O2)CC1. The average molecular weight is 399 g/mol. The van der Waals surface area contributed by atoms with E-state index < -0.39 is 0 Å². The molecule has 7 heteroatoms. The van der Waals surface area contributed by atoms with Gasteiger partial charge in [-0.1, -0.05) is 24.3 Å². The number of benzene rings is 2. The largest absolute Gasteiger partial charge is 0.486 e. The lowest BCUT2D eigenvalue weighted by molar-refractivity contribution is 0.0550. The van der Waals surface area contributed by atoms with Crippen molar-refractivity contribution in [2.24, 2.45) is 5.73 Å². The normalized spacial score (nSPS) is 20.3. The molecule has 2 aromatic rings. The highest BCUT2D eigenvalue weighted by atomic mass is 19.1. The number of urea groups is 1. The molecule has 2 amide bonds. The van der Waals surface area contributed by atoms with Gasteiger partial charge in [-0.15, -0.1) is 0 Å². The standard InChI is InChI=1S/C22H26FN3O3/c23-16-7-5-15(6-8-16)13-18(25-17-9-11-26(12-10-17)22(24)27)21-14-28-19-3-1-2-4-20(19)29-21/h1-8,17-18,21,25H,9-14H2,(H2,24,27). The molecule has 3 N–H and O–H groups in total. The molecule has 0 saturated carbocycles. The number of carbonyl (C=O) groups is 1. The lowest BCUT2D eigenvalue weighted by Crippen LogP contribution is -2.55. The zero-order chi connectivity index (χ0) is 20.2. The van der Waals surface area contributed by atoms with E-state index in [2.05, 4.69) is 5.32 Å². The van der Waals surface area contributed by atoms with Crippen LogP contribution in [0.4, 0.5) is 9.18 Å². The smallest absolute Gasteiger partial charge is 0.314 e. The predicted octanol–water partition coefficient (Wildman–Crippen LogP) is 2.71. The number of rotatable bonds is 5. The van der Waals surface area contributed by atoms with Crippen LogP contribution in [0.15, 0.2) is 48.5 Å². The van der Waals surface area contributed by atoms with Crippen LogP contribution in [0.3, 0.4) is 0 Å². The van der Waals surface area contributed by atoms with E-state index in [1.54, 1.807) is 17.0 Å². The van der Waals surface area contributed by atoms with Crippen molar-refractivity contribution in [3.8, 4) is 11.5 Å². The number of fused-ring (bicyclic) bond motifs is 1. The zero-order valence-electron chi connectivity index (χ0n) is 16.2. The Morgan fingerprint density at radius 2 is 1.83 bits per heavy atom. The molecule has 2 heterocycles. The highest BCUT2D eigenvalue weighted by Gasteiger charge is 2.32. The summed E-state index contributed by atoms with van der Waals surface area (Å²) in [6.45, 7) is 1.72. The third-order valence-corrected chi connectivity index (χ3v) is 5.60. The van der Waals surface area contributed by atoms with Gasteiger partial charge in [-0.2, -0.15) is 0 Å². The number of piperidine rings is 1. The van der Waals surface area contributed by atoms with E-state index in [-0.39, 0.29) is 30.0 Å². The molecule has 2 unspecified atom stereocenters. The quantitative estimate of drug-likeness (QED) is 0.811. The molecule has 29 heavy (non-hydrogen) atoms. The Labute approximate surface area is 169 Å². The first-order chi connectivity index (χ1) is 14.1. The second-order valence-electron chi connectivity index (χ2n) is 7.62. The summed E-state index contributed by atoms with van der Waals surface area (Å²) in [5, 5.41) is 3.70. The van der Waals surface area contributed by atoms with Gasteiger partial charge in [0.05, 0.1) is 6.04 Å². The van der Waals surface area contributed by atoms with Crippen LogP contribution in [0, 0.1) is 5.82 Å². The molecular weight excluding hydrogens is 373 g/mol. The Morgan fingerprint density at radius 1 is 1.14 bits per heavy atom. The Morgan fingerprint density at radius 3 is 2.52 bits per heavy atom. The van der Waals surface area contributed by atoms with Gasteiger partial charge in [0.2, 0.25) is 0 Å². The molecule has 2 aliphatic heterocycles. The number of para-hydroxylation sites is 2. The fourth-order valence-electron chi connectivity index (χ4n) is 3.98. The van der Waals surface area contributed by atoms with Crippen molar-refractivity contribution < 1.29 is 18.7 Å². The monoisotopic (exact) mass is 399 g/mol. The Hall–Kier alpha value is -2.80. The number of carbonyl (C=O) groups excluding carboxylic acids is 1. The fourth-order valence-corrected chi connectivity index (χ4v) is 3.98. The third kappa shape index (κ3) is 4.79. The van der Waals surface area contributed by atoms with E-state index in [9.17, 15) is 9.18 Å². The minimum atomic E-state index is -0.369. The van der Waals surface area contributed by atoms with Gasteiger partial charge >= 0.3 is 6.03 Å². The maximum Gasteiger partial charge on any atom is 0.314 e. The maximum atomic E-state index is 13.3. The van der Waals surface area contributed by atoms with Gasteiger partial charge in [0.15, 0.2) is 11.5 Å². The molecule has 2 atom stereocenters. The summed E-state index contributed by atoms with van der Waals surface area (Å²) in [6.07, 6.45) is 2.16. The van der Waals surface area contributed by atoms with Crippen LogP contribution in [-0.2, 0) is 6.42 Å². The Kier molecular flexibility index (Phi) is 5.85. The van der Waals surface area contributed by atoms with Crippen LogP contribution in [0.1, 0.15) is 18.4 Å². The van der Waals surface area contributed by atoms with Crippen molar-refractivity contribution in [3.63, 3.8) is 0 Å². The molecule has 2 aromatic carbocycles. The second kappa shape index (κ2) is 8.69. The Balaban J connectivity index is 1.47. The number of hydrogen-bond acceptors (Lipinski definition) is 4. The maximum absolute atomic E-state index is 13.3. The van der Waals surface area contributed by atoms with E-state index >= 15 is 0 Å². The summed E-state index contributed by atoms with van der Waals surface area (Å²) in [6, 6.07) is 14.1. The van der Waals surface area contributed by atoms with Crippen molar-refractivity contribution in [2.75, 3.05) is 19.7 Å². The summed E-state index contributed by atoms with van der Waals surface area (Å²) >= 11 is 0. The summed E-state index contributed by atoms with van der Waals surface area (Å²) in [5.41, 5.74) is 6.42. The van der Waals surface area contributed by atoms with Crippen molar-refractivity contribution in [2.45, 2.75) is 37.5 Å². The molecule has 154 valence electrons. The molecule has 0 aliphatic carbocycles. The molecule has 0 radical (unpaired) electrons. The van der Waals surface area contributed by atoms with Gasteiger partial charge in [-0.25, -0.2) is 9.18 Å². The molecule has 2 aliphatic rings. The number of hydrogen-bond donors (Lipinski definition) is 2. The van der Waals surface area contributed by atoms with E-state index in [0.29, 0.717) is 26.1 Å². The van der Waals surface area contributed by atoms with E-state index in [1.807, 2.05) is 24.3 Å². The number of nitrogens with one attached hydrogen (secondary N) is 1. The predicted molar refractivity (Wildman–Crippen MR) is 108 cm³/mol. The van der Waals surface area contributed by atoms with Gasteiger partial charge in [0.1, 0.15) is 18.5 Å². The first kappa shape index (κ1) is 19.5. The number of nitrogens with zero attached hydrogens (tertiary/aromatic N) is 1. The number of nitrogens with two attached hydrogens (primary N) is 1. The number of amides is 2. The molecule has 0 spiro atoms. The van der Waals surface area contributed by atoms with Crippen molar-refractivity contribution in [1.82, 2.24) is 10.2 Å². The van der Waals surface area contributed by atoms with Crippen molar-refractivity contribution in [1.29, 1.82) is 0 Å². The number of halogens is 1. The fraction of sp³-hybridized carbons (Fsp3) is 0.409. The van der Waals surface area contributed by atoms with Gasteiger partial charge in [-0.05, 0) is 49.1 Å². The van der Waals surface area contributed by atoms with Crippen LogP contribution >= 0.6 is 0 Å². The van der Waals surface area contributed by atoms with Crippen molar-refractivity contribution >= 4 is 6.03 Å². The van der Waals surface area contributed by atoms with Crippen LogP contribution in [0.25, 0.3) is 0 Å². The van der Waals surface area contributed by atoms with Crippen LogP contribution in [-0.4, -0.2) is 48.8 Å². The minimum absolute atomic E-state index is 0.0149. The number of likely N-dealkylation sites (tertiary alicyclic amines) is 1. The topological polar surface area (TPSA) is 76.8 Å². The zero-order valence-corrected chi connectivity index (χ0v) is 16.2. The second-order valence-corrected chi connectivity index (χ2v) is 7.62. The first-order valence-electron chi connectivity index (χ1n) is 10.0. The molecule has 6 nitrogen and oxygen atoms in total. The lowest BCUT2D eigenvalue weighted by atomic mass is 9.97. The molecule has 1 fully saturated rings. The van der Waals surface area contributed by atoms with Crippen LogP contribution in [0.5, 0.6) is 11.5 Å². The summed E-state index contributed by atoms with van der Waals surface area (Å²) < 4.78 is 25.5. The molecule has 1 saturated heterocycles. The highest BCUT2D eigenvalue weighted by Crippen LogP contribution is 2.32. The van der Waals surface area contributed by atoms with Crippen molar-refractivity contribution in [3.05, 3.63) is 59.9 Å². The molecule has 4 rings (SSSR count). The van der Waals surface area contributed by atoms with Gasteiger partial charge in [0, 0.05) is 19.1 Å². The lowest BCUT2D eigenvalue weighted by Gasteiger charge is -2.38. The minimum Gasteiger partial charge on any atom is -0.486 e. The molecular formula is C22H26FN3O3. The number of primary amides is 1. The van der Waals surface area contributed by atoms with Gasteiger partial charge in [-0.3, -0.25) is 0 Å². The van der Waals surface area contributed by atoms with E-state index in [4.69, 9.17) is 15.2 Å². The Bertz CT molecular complexity index is 837. The van der Waals surface area contributed by atoms with Gasteiger partial charge in [0.25, 0.3) is 0 Å². The van der Waals surface area contributed by atoms with Crippen LogP contribution in [0.2, 0.25) is 0 Å². The van der Waals surface area contributed by atoms with Gasteiger partial charge < -0.3 is 25.4 Å². The third-order valence-electron chi connectivity index (χ3n) is 5.60. The molecule has 0 aromatic heterocycles. The molecule has 0 bridgehead atoms. The summed E-state index contributed by atoms with van der Waals surface area (Å²) in [4.78, 5) is 13.0. The first-order valence-corrected chi connectivity index (χ1v) is 10.0. The summed E-state index contributed by atoms with van der Waals surface area (Å²) in [7, 11) is 0.